The predicted octanol–water partition coefficient (Wildman–Crippen LogP) is 2.22. The van der Waals surface area contributed by atoms with Crippen LogP contribution >= 0.6 is 0 Å². The summed E-state index contributed by atoms with van der Waals surface area (Å²) in [4.78, 5) is 34.5. The molecule has 1 heterocycles. The van der Waals surface area contributed by atoms with Crippen molar-refractivity contribution in [3.05, 3.63) is 69.8 Å². The lowest BCUT2D eigenvalue weighted by Gasteiger charge is -2.16. The lowest BCUT2D eigenvalue weighted by Crippen LogP contribution is -2.35. The van der Waals surface area contributed by atoms with Crippen molar-refractivity contribution >= 4 is 23.2 Å². The van der Waals surface area contributed by atoms with Crippen LogP contribution in [0.3, 0.4) is 0 Å². The third-order valence-corrected chi connectivity index (χ3v) is 3.10. The molecular formula is C14H9N3O4. The molecule has 0 bridgehead atoms. The molecule has 21 heavy (non-hydrogen) atoms. The number of para-hydroxylation sites is 1. The van der Waals surface area contributed by atoms with E-state index in [1.807, 2.05) is 0 Å². The smallest absolute Gasteiger partial charge is 0.280 e. The van der Waals surface area contributed by atoms with E-state index in [-0.39, 0.29) is 16.8 Å². The number of nitro benzene ring substituents is 1. The van der Waals surface area contributed by atoms with Crippen molar-refractivity contribution in [2.75, 3.05) is 5.43 Å². The van der Waals surface area contributed by atoms with Gasteiger partial charge in [-0.25, -0.2) is 0 Å². The minimum atomic E-state index is -0.609. The highest BCUT2D eigenvalue weighted by Crippen LogP contribution is 2.27. The molecule has 0 radical (unpaired) electrons. The number of anilines is 1. The number of hydrazine groups is 1. The Morgan fingerprint density at radius 3 is 2.29 bits per heavy atom. The zero-order chi connectivity index (χ0) is 15.0. The van der Waals surface area contributed by atoms with Crippen LogP contribution in [-0.4, -0.2) is 21.7 Å². The van der Waals surface area contributed by atoms with E-state index in [0.29, 0.717) is 5.69 Å². The van der Waals surface area contributed by atoms with Gasteiger partial charge in [0.2, 0.25) is 0 Å². The molecule has 0 spiro atoms. The summed E-state index contributed by atoms with van der Waals surface area (Å²) in [6.45, 7) is 0. The number of non-ortho nitro benzene ring substituents is 1. The maximum atomic E-state index is 12.2. The molecule has 104 valence electrons. The van der Waals surface area contributed by atoms with Gasteiger partial charge in [-0.15, -0.1) is 0 Å². The third kappa shape index (κ3) is 2.10. The van der Waals surface area contributed by atoms with Gasteiger partial charge in [-0.1, -0.05) is 18.2 Å². The van der Waals surface area contributed by atoms with E-state index in [1.165, 1.54) is 12.1 Å². The minimum absolute atomic E-state index is 0.0256. The Bertz CT molecular complexity index is 758. The molecule has 7 nitrogen and oxygen atoms in total. The number of nitro groups is 1. The van der Waals surface area contributed by atoms with Crippen molar-refractivity contribution in [3.8, 4) is 0 Å². The van der Waals surface area contributed by atoms with Gasteiger partial charge in [-0.2, -0.15) is 5.01 Å². The average Bonchev–Trinajstić information content (AvgIpc) is 2.73. The molecular weight excluding hydrogens is 274 g/mol. The summed E-state index contributed by atoms with van der Waals surface area (Å²) in [6, 6.07) is 12.3. The molecule has 2 aromatic rings. The largest absolute Gasteiger partial charge is 0.288 e. The van der Waals surface area contributed by atoms with Crippen LogP contribution in [0.15, 0.2) is 48.5 Å². The Balaban J connectivity index is 1.95. The van der Waals surface area contributed by atoms with Crippen LogP contribution in [0.25, 0.3) is 0 Å². The summed E-state index contributed by atoms with van der Waals surface area (Å²) >= 11 is 0. The predicted molar refractivity (Wildman–Crippen MR) is 73.7 cm³/mol. The number of hydrogen-bond donors (Lipinski definition) is 1. The number of nitrogens with one attached hydrogen (secondary N) is 1. The van der Waals surface area contributed by atoms with Gasteiger partial charge in [0.1, 0.15) is 0 Å². The minimum Gasteiger partial charge on any atom is -0.288 e. The van der Waals surface area contributed by atoms with Crippen molar-refractivity contribution in [3.63, 3.8) is 0 Å². The fraction of sp³-hybridized carbons (Fsp3) is 0. The molecule has 0 saturated carbocycles. The summed E-state index contributed by atoms with van der Waals surface area (Å²) in [6.07, 6.45) is 0. The van der Waals surface area contributed by atoms with Gasteiger partial charge in [0.25, 0.3) is 17.5 Å². The van der Waals surface area contributed by atoms with Crippen LogP contribution in [0.4, 0.5) is 11.4 Å². The molecule has 1 aliphatic rings. The van der Waals surface area contributed by atoms with Crippen LogP contribution in [0, 0.1) is 10.1 Å². The van der Waals surface area contributed by atoms with E-state index in [0.717, 1.165) is 11.1 Å². The van der Waals surface area contributed by atoms with E-state index in [1.54, 1.807) is 30.3 Å². The van der Waals surface area contributed by atoms with Crippen LogP contribution < -0.4 is 5.43 Å². The van der Waals surface area contributed by atoms with E-state index >= 15 is 0 Å². The first-order valence-electron chi connectivity index (χ1n) is 6.07. The van der Waals surface area contributed by atoms with Crippen LogP contribution in [0.1, 0.15) is 20.7 Å². The summed E-state index contributed by atoms with van der Waals surface area (Å²) in [7, 11) is 0. The molecule has 7 heteroatoms. The van der Waals surface area contributed by atoms with E-state index in [2.05, 4.69) is 5.43 Å². The number of hydrogen-bond acceptors (Lipinski definition) is 5. The molecule has 2 amide bonds. The fourth-order valence-corrected chi connectivity index (χ4v) is 2.09. The maximum Gasteiger partial charge on any atom is 0.280 e. The van der Waals surface area contributed by atoms with Crippen molar-refractivity contribution in [2.24, 2.45) is 0 Å². The van der Waals surface area contributed by atoms with Crippen LogP contribution in [-0.2, 0) is 0 Å². The first-order chi connectivity index (χ1) is 10.1. The Hall–Kier alpha value is -3.22. The van der Waals surface area contributed by atoms with Gasteiger partial charge in [-0.05, 0) is 18.2 Å². The van der Waals surface area contributed by atoms with Crippen molar-refractivity contribution < 1.29 is 14.5 Å². The highest BCUT2D eigenvalue weighted by Gasteiger charge is 2.37. The van der Waals surface area contributed by atoms with Crippen molar-refractivity contribution in [1.29, 1.82) is 0 Å². The van der Waals surface area contributed by atoms with Crippen molar-refractivity contribution in [1.82, 2.24) is 5.01 Å². The maximum absolute atomic E-state index is 12.2. The summed E-state index contributed by atoms with van der Waals surface area (Å²) in [5.74, 6) is -1.14. The van der Waals surface area contributed by atoms with Gasteiger partial charge in [0.05, 0.1) is 21.7 Å². The number of benzene rings is 2. The summed E-state index contributed by atoms with van der Waals surface area (Å²) < 4.78 is 0. The number of rotatable bonds is 3. The quantitative estimate of drug-likeness (QED) is 0.529. The van der Waals surface area contributed by atoms with Gasteiger partial charge in [-0.3, -0.25) is 25.1 Å². The zero-order valence-corrected chi connectivity index (χ0v) is 10.6. The lowest BCUT2D eigenvalue weighted by atomic mass is 10.1. The second kappa shape index (κ2) is 4.71. The first kappa shape index (κ1) is 12.8. The molecule has 0 unspecified atom stereocenters. The number of carbonyl (C=O) groups excluding carboxylic acids is 2. The molecule has 0 aliphatic carbocycles. The molecule has 2 aromatic carbocycles. The number of carbonyl (C=O) groups is 2. The second-order valence-corrected chi connectivity index (χ2v) is 4.41. The molecule has 0 saturated heterocycles. The van der Waals surface area contributed by atoms with Gasteiger partial charge in [0, 0.05) is 12.1 Å². The number of fused-ring (bicyclic) bond motifs is 1. The molecule has 1 N–H and O–H groups in total. The monoisotopic (exact) mass is 283 g/mol. The zero-order valence-electron chi connectivity index (χ0n) is 10.6. The number of amides is 2. The summed E-state index contributed by atoms with van der Waals surface area (Å²) in [5.41, 5.74) is 3.22. The molecule has 0 fully saturated rings. The third-order valence-electron chi connectivity index (χ3n) is 3.10. The van der Waals surface area contributed by atoms with Gasteiger partial charge >= 0.3 is 0 Å². The van der Waals surface area contributed by atoms with Gasteiger partial charge in [0.15, 0.2) is 0 Å². The standard InChI is InChI=1S/C14H9N3O4/c18-13-11-7-6-10(17(20)21)8-12(11)14(19)16(13)15-9-4-2-1-3-5-9/h1-8,15H. The summed E-state index contributed by atoms with van der Waals surface area (Å²) in [5, 5.41) is 11.6. The molecule has 0 aromatic heterocycles. The number of nitrogens with zero attached hydrogens (tertiary/aromatic N) is 2. The molecule has 0 atom stereocenters. The highest BCUT2D eigenvalue weighted by atomic mass is 16.6. The van der Waals surface area contributed by atoms with E-state index < -0.39 is 16.7 Å². The molecule has 3 rings (SSSR count). The van der Waals surface area contributed by atoms with E-state index in [9.17, 15) is 19.7 Å². The highest BCUT2D eigenvalue weighted by molar-refractivity contribution is 6.22. The lowest BCUT2D eigenvalue weighted by molar-refractivity contribution is -0.384. The van der Waals surface area contributed by atoms with Crippen molar-refractivity contribution in [2.45, 2.75) is 0 Å². The van der Waals surface area contributed by atoms with E-state index in [4.69, 9.17) is 0 Å². The van der Waals surface area contributed by atoms with Gasteiger partial charge < -0.3 is 0 Å². The Morgan fingerprint density at radius 2 is 1.62 bits per heavy atom. The fourth-order valence-electron chi connectivity index (χ4n) is 2.09. The Labute approximate surface area is 118 Å². The first-order valence-corrected chi connectivity index (χ1v) is 6.07. The second-order valence-electron chi connectivity index (χ2n) is 4.41. The number of imide groups is 1. The Morgan fingerprint density at radius 1 is 0.952 bits per heavy atom. The molecule has 1 aliphatic heterocycles. The normalized spacial score (nSPS) is 13.2. The topological polar surface area (TPSA) is 92.5 Å². The van der Waals surface area contributed by atoms with Crippen LogP contribution in [0.2, 0.25) is 0 Å². The van der Waals surface area contributed by atoms with Crippen LogP contribution in [0.5, 0.6) is 0 Å². The average molecular weight is 283 g/mol. The Kier molecular flexibility index (Phi) is 2.87. The SMILES string of the molecule is O=C1c2ccc([N+](=O)[O-])cc2C(=O)N1Nc1ccccc1.